The van der Waals surface area contributed by atoms with Crippen molar-refractivity contribution in [1.29, 1.82) is 0 Å². The molecule has 1 amide bonds. The predicted molar refractivity (Wildman–Crippen MR) is 71.6 cm³/mol. The second kappa shape index (κ2) is 5.07. The van der Waals surface area contributed by atoms with E-state index in [1.165, 1.54) is 12.1 Å². The molecule has 0 aliphatic carbocycles. The van der Waals surface area contributed by atoms with Gasteiger partial charge in [0.1, 0.15) is 11.4 Å². The molecule has 0 saturated carbocycles. The highest BCUT2D eigenvalue weighted by atomic mass is 19.1. The summed E-state index contributed by atoms with van der Waals surface area (Å²) in [4.78, 5) is 13.3. The number of carbonyl (C=O) groups excluding carboxylic acids is 1. The number of likely N-dealkylation sites (tertiary alicyclic amines) is 1. The zero-order valence-corrected chi connectivity index (χ0v) is 11.4. The van der Waals surface area contributed by atoms with Crippen LogP contribution in [0.5, 0.6) is 0 Å². The summed E-state index contributed by atoms with van der Waals surface area (Å²) in [6.07, 6.45) is -0.301. The lowest BCUT2D eigenvalue weighted by atomic mass is 10.1. The lowest BCUT2D eigenvalue weighted by Gasteiger charge is -2.40. The van der Waals surface area contributed by atoms with E-state index in [9.17, 15) is 9.18 Å². The number of rotatable bonds is 2. The van der Waals surface area contributed by atoms with Gasteiger partial charge in [-0.3, -0.25) is 0 Å². The molecule has 0 unspecified atom stereocenters. The van der Waals surface area contributed by atoms with Crippen LogP contribution in [-0.4, -0.2) is 35.7 Å². The third-order valence-corrected chi connectivity index (χ3v) is 2.73. The number of ether oxygens (including phenoxy) is 1. The van der Waals surface area contributed by atoms with E-state index >= 15 is 0 Å². The van der Waals surface area contributed by atoms with Gasteiger partial charge in [0.05, 0.1) is 6.04 Å². The van der Waals surface area contributed by atoms with Gasteiger partial charge in [-0.15, -0.1) is 0 Å². The highest BCUT2D eigenvalue weighted by Gasteiger charge is 2.33. The summed E-state index contributed by atoms with van der Waals surface area (Å²) in [6.45, 7) is 6.67. The summed E-state index contributed by atoms with van der Waals surface area (Å²) >= 11 is 0. The summed E-state index contributed by atoms with van der Waals surface area (Å²) in [5, 5.41) is 3.18. The Kier molecular flexibility index (Phi) is 3.64. The topological polar surface area (TPSA) is 41.6 Å². The Morgan fingerprint density at radius 1 is 1.42 bits per heavy atom. The Bertz CT molecular complexity index is 465. The van der Waals surface area contributed by atoms with Crippen LogP contribution in [0.15, 0.2) is 24.3 Å². The van der Waals surface area contributed by atoms with Gasteiger partial charge in [-0.1, -0.05) is 6.07 Å². The Labute approximate surface area is 112 Å². The molecule has 0 atom stereocenters. The highest BCUT2D eigenvalue weighted by molar-refractivity contribution is 5.69. The molecule has 1 aromatic rings. The average Bonchev–Trinajstić information content (AvgIpc) is 2.20. The minimum absolute atomic E-state index is 0.148. The Balaban J connectivity index is 1.79. The number of hydrogen-bond acceptors (Lipinski definition) is 3. The molecule has 104 valence electrons. The van der Waals surface area contributed by atoms with Crippen LogP contribution in [0.3, 0.4) is 0 Å². The number of anilines is 1. The van der Waals surface area contributed by atoms with Crippen molar-refractivity contribution >= 4 is 11.8 Å². The van der Waals surface area contributed by atoms with Crippen molar-refractivity contribution in [3.05, 3.63) is 30.1 Å². The molecule has 1 aliphatic heterocycles. The van der Waals surface area contributed by atoms with Crippen molar-refractivity contribution in [3.8, 4) is 0 Å². The van der Waals surface area contributed by atoms with Crippen LogP contribution >= 0.6 is 0 Å². The molecule has 5 heteroatoms. The molecule has 1 aromatic carbocycles. The minimum Gasteiger partial charge on any atom is -0.444 e. The Hall–Kier alpha value is -1.78. The maximum atomic E-state index is 13.0. The SMILES string of the molecule is CC(C)(C)OC(=O)N1CC(Nc2cccc(F)c2)C1. The fourth-order valence-corrected chi connectivity index (χ4v) is 1.86. The smallest absolute Gasteiger partial charge is 0.410 e. The fraction of sp³-hybridized carbons (Fsp3) is 0.500. The summed E-state index contributed by atoms with van der Waals surface area (Å²) < 4.78 is 18.3. The first-order valence-electron chi connectivity index (χ1n) is 6.33. The first kappa shape index (κ1) is 13.6. The quantitative estimate of drug-likeness (QED) is 0.895. The van der Waals surface area contributed by atoms with Gasteiger partial charge < -0.3 is 15.0 Å². The molecule has 19 heavy (non-hydrogen) atoms. The van der Waals surface area contributed by atoms with Gasteiger partial charge in [0.2, 0.25) is 0 Å². The summed E-state index contributed by atoms with van der Waals surface area (Å²) in [5.74, 6) is -0.270. The summed E-state index contributed by atoms with van der Waals surface area (Å²) in [6, 6.07) is 6.45. The first-order chi connectivity index (χ1) is 8.83. The average molecular weight is 266 g/mol. The van der Waals surface area contributed by atoms with Crippen LogP contribution < -0.4 is 5.32 Å². The Morgan fingerprint density at radius 2 is 2.11 bits per heavy atom. The Morgan fingerprint density at radius 3 is 2.68 bits per heavy atom. The number of nitrogens with one attached hydrogen (secondary N) is 1. The van der Waals surface area contributed by atoms with Crippen LogP contribution in [-0.2, 0) is 4.74 Å². The third kappa shape index (κ3) is 3.84. The number of hydrogen-bond donors (Lipinski definition) is 1. The van der Waals surface area contributed by atoms with Gasteiger partial charge >= 0.3 is 6.09 Å². The van der Waals surface area contributed by atoms with Crippen molar-refractivity contribution in [2.45, 2.75) is 32.4 Å². The molecule has 0 radical (unpaired) electrons. The molecule has 2 rings (SSSR count). The van der Waals surface area contributed by atoms with Gasteiger partial charge in [-0.25, -0.2) is 9.18 Å². The van der Waals surface area contributed by atoms with E-state index in [1.807, 2.05) is 20.8 Å². The summed E-state index contributed by atoms with van der Waals surface area (Å²) in [7, 11) is 0. The van der Waals surface area contributed by atoms with Crippen molar-refractivity contribution in [3.63, 3.8) is 0 Å². The predicted octanol–water partition coefficient (Wildman–Crippen LogP) is 2.86. The molecular formula is C14H19FN2O2. The van der Waals surface area contributed by atoms with E-state index in [0.29, 0.717) is 13.1 Å². The number of halogens is 1. The van der Waals surface area contributed by atoms with Crippen molar-refractivity contribution < 1.29 is 13.9 Å². The molecule has 0 spiro atoms. The van der Waals surface area contributed by atoms with Crippen LogP contribution in [0.4, 0.5) is 14.9 Å². The van der Waals surface area contributed by atoms with E-state index in [4.69, 9.17) is 4.74 Å². The molecule has 4 nitrogen and oxygen atoms in total. The number of nitrogens with zero attached hydrogens (tertiary/aromatic N) is 1. The van der Waals surface area contributed by atoms with Crippen LogP contribution in [0.1, 0.15) is 20.8 Å². The lowest BCUT2D eigenvalue weighted by molar-refractivity contribution is 0.0105. The highest BCUT2D eigenvalue weighted by Crippen LogP contribution is 2.19. The molecule has 0 bridgehead atoms. The zero-order valence-electron chi connectivity index (χ0n) is 11.4. The summed E-state index contributed by atoms with van der Waals surface area (Å²) in [5.41, 5.74) is 0.256. The molecule has 1 saturated heterocycles. The second-order valence-corrected chi connectivity index (χ2v) is 5.74. The van der Waals surface area contributed by atoms with Crippen molar-refractivity contribution in [2.24, 2.45) is 0 Å². The van der Waals surface area contributed by atoms with Crippen molar-refractivity contribution in [1.82, 2.24) is 4.90 Å². The van der Waals surface area contributed by atoms with Gasteiger partial charge in [0, 0.05) is 18.8 Å². The largest absolute Gasteiger partial charge is 0.444 e. The standard InChI is InChI=1S/C14H19FN2O2/c1-14(2,3)19-13(18)17-8-12(9-17)16-11-6-4-5-10(15)7-11/h4-7,12,16H,8-9H2,1-3H3. The molecule has 1 fully saturated rings. The molecule has 0 aromatic heterocycles. The molecular weight excluding hydrogens is 247 g/mol. The minimum atomic E-state index is -0.474. The van der Waals surface area contributed by atoms with E-state index in [0.717, 1.165) is 5.69 Å². The number of amides is 1. The molecule has 1 N–H and O–H groups in total. The van der Waals surface area contributed by atoms with Gasteiger partial charge in [-0.05, 0) is 39.0 Å². The number of benzene rings is 1. The van der Waals surface area contributed by atoms with Gasteiger partial charge in [0.15, 0.2) is 0 Å². The van der Waals surface area contributed by atoms with Crippen LogP contribution in [0, 0.1) is 5.82 Å². The van der Waals surface area contributed by atoms with Crippen molar-refractivity contribution in [2.75, 3.05) is 18.4 Å². The molecule has 1 heterocycles. The molecule has 1 aliphatic rings. The normalized spacial score (nSPS) is 15.9. The van der Waals surface area contributed by atoms with Crippen LogP contribution in [0.2, 0.25) is 0 Å². The number of carbonyl (C=O) groups is 1. The zero-order chi connectivity index (χ0) is 14.0. The first-order valence-corrected chi connectivity index (χ1v) is 6.33. The maximum Gasteiger partial charge on any atom is 0.410 e. The third-order valence-electron chi connectivity index (χ3n) is 2.73. The van der Waals surface area contributed by atoms with Gasteiger partial charge in [0.25, 0.3) is 0 Å². The van der Waals surface area contributed by atoms with E-state index in [1.54, 1.807) is 17.0 Å². The second-order valence-electron chi connectivity index (χ2n) is 5.74. The van der Waals surface area contributed by atoms with E-state index in [2.05, 4.69) is 5.32 Å². The van der Waals surface area contributed by atoms with E-state index < -0.39 is 5.60 Å². The lowest BCUT2D eigenvalue weighted by Crippen LogP contribution is -2.57. The maximum absolute atomic E-state index is 13.0. The monoisotopic (exact) mass is 266 g/mol. The van der Waals surface area contributed by atoms with E-state index in [-0.39, 0.29) is 18.0 Å². The van der Waals surface area contributed by atoms with Gasteiger partial charge in [-0.2, -0.15) is 0 Å². The van der Waals surface area contributed by atoms with Crippen LogP contribution in [0.25, 0.3) is 0 Å². The fourth-order valence-electron chi connectivity index (χ4n) is 1.86.